The van der Waals surface area contributed by atoms with E-state index in [9.17, 15) is 5.26 Å². The number of rotatable bonds is 1. The molecular formula is C13H20N4. The van der Waals surface area contributed by atoms with Crippen LogP contribution in [0.15, 0.2) is 0 Å². The lowest BCUT2D eigenvalue weighted by atomic mass is 9.95. The molecule has 2 atom stereocenters. The van der Waals surface area contributed by atoms with Gasteiger partial charge in [-0.15, -0.1) is 0 Å². The molecule has 0 bridgehead atoms. The van der Waals surface area contributed by atoms with Crippen molar-refractivity contribution in [3.8, 4) is 6.07 Å². The summed E-state index contributed by atoms with van der Waals surface area (Å²) in [4.78, 5) is 2.34. The summed E-state index contributed by atoms with van der Waals surface area (Å²) >= 11 is 0. The van der Waals surface area contributed by atoms with E-state index in [0.717, 1.165) is 23.6 Å². The van der Waals surface area contributed by atoms with E-state index in [1.807, 2.05) is 18.7 Å². The Morgan fingerprint density at radius 2 is 2.06 bits per heavy atom. The summed E-state index contributed by atoms with van der Waals surface area (Å²) in [6.45, 7) is 7.43. The molecule has 92 valence electrons. The molecule has 0 spiro atoms. The maximum absolute atomic E-state index is 9.27. The van der Waals surface area contributed by atoms with Gasteiger partial charge in [-0.25, -0.2) is 0 Å². The van der Waals surface area contributed by atoms with Gasteiger partial charge < -0.3 is 4.90 Å². The quantitative estimate of drug-likeness (QED) is 0.745. The molecular weight excluding hydrogens is 212 g/mol. The molecule has 0 aromatic carbocycles. The van der Waals surface area contributed by atoms with Crippen LogP contribution < -0.4 is 4.90 Å². The summed E-state index contributed by atoms with van der Waals surface area (Å²) < 4.78 is 1.85. The van der Waals surface area contributed by atoms with Crippen LogP contribution in [-0.4, -0.2) is 22.4 Å². The number of hydrogen-bond acceptors (Lipinski definition) is 3. The van der Waals surface area contributed by atoms with Crippen molar-refractivity contribution in [2.24, 2.45) is 13.0 Å². The molecule has 1 aromatic heterocycles. The lowest BCUT2D eigenvalue weighted by Crippen LogP contribution is -2.42. The molecule has 1 aliphatic rings. The van der Waals surface area contributed by atoms with Crippen LogP contribution in [0.2, 0.25) is 0 Å². The standard InChI is InChI=1S/C13H20N4/c1-9-5-6-10(2)17(8-9)13-12(7-14)11(3)15-16(13)4/h9-10H,5-6,8H2,1-4H3. The van der Waals surface area contributed by atoms with Gasteiger partial charge in [-0.1, -0.05) is 6.92 Å². The zero-order valence-electron chi connectivity index (χ0n) is 11.1. The largest absolute Gasteiger partial charge is 0.353 e. The maximum Gasteiger partial charge on any atom is 0.145 e. The Bertz CT molecular complexity index is 455. The van der Waals surface area contributed by atoms with Gasteiger partial charge >= 0.3 is 0 Å². The third-order valence-electron chi connectivity index (χ3n) is 3.69. The van der Waals surface area contributed by atoms with Gasteiger partial charge in [0.1, 0.15) is 17.5 Å². The molecule has 4 nitrogen and oxygen atoms in total. The van der Waals surface area contributed by atoms with Crippen LogP contribution in [0.3, 0.4) is 0 Å². The lowest BCUT2D eigenvalue weighted by molar-refractivity contribution is 0.384. The van der Waals surface area contributed by atoms with Gasteiger partial charge in [0.05, 0.1) is 5.69 Å². The van der Waals surface area contributed by atoms with E-state index in [-0.39, 0.29) is 0 Å². The highest BCUT2D eigenvalue weighted by molar-refractivity contribution is 5.57. The number of nitrogens with zero attached hydrogens (tertiary/aromatic N) is 4. The molecule has 0 N–H and O–H groups in total. The summed E-state index contributed by atoms with van der Waals surface area (Å²) in [6.07, 6.45) is 2.46. The van der Waals surface area contributed by atoms with Crippen LogP contribution in [0.4, 0.5) is 5.82 Å². The van der Waals surface area contributed by atoms with Crippen molar-refractivity contribution < 1.29 is 0 Å². The number of anilines is 1. The fourth-order valence-corrected chi connectivity index (χ4v) is 2.69. The van der Waals surface area contributed by atoms with E-state index < -0.39 is 0 Å². The van der Waals surface area contributed by atoms with Crippen LogP contribution in [0.5, 0.6) is 0 Å². The van der Waals surface area contributed by atoms with Crippen molar-refractivity contribution >= 4 is 5.82 Å². The van der Waals surface area contributed by atoms with E-state index in [1.54, 1.807) is 0 Å². The van der Waals surface area contributed by atoms with E-state index >= 15 is 0 Å². The molecule has 4 heteroatoms. The minimum atomic E-state index is 0.494. The SMILES string of the molecule is Cc1nn(C)c(N2CC(C)CCC2C)c1C#N. The lowest BCUT2D eigenvalue weighted by Gasteiger charge is -2.38. The van der Waals surface area contributed by atoms with E-state index in [2.05, 4.69) is 29.9 Å². The molecule has 0 amide bonds. The van der Waals surface area contributed by atoms with E-state index in [1.165, 1.54) is 12.8 Å². The maximum atomic E-state index is 9.27. The molecule has 1 saturated heterocycles. The Labute approximate surface area is 103 Å². The molecule has 0 radical (unpaired) electrons. The van der Waals surface area contributed by atoms with Crippen molar-refractivity contribution in [2.45, 2.75) is 39.7 Å². The van der Waals surface area contributed by atoms with Gasteiger partial charge in [0.25, 0.3) is 0 Å². The fourth-order valence-electron chi connectivity index (χ4n) is 2.69. The average molecular weight is 232 g/mol. The zero-order valence-corrected chi connectivity index (χ0v) is 11.1. The van der Waals surface area contributed by atoms with Gasteiger partial charge in [0.2, 0.25) is 0 Å². The Kier molecular flexibility index (Phi) is 3.10. The third-order valence-corrected chi connectivity index (χ3v) is 3.69. The second kappa shape index (κ2) is 4.40. The number of aryl methyl sites for hydroxylation is 2. The van der Waals surface area contributed by atoms with E-state index in [4.69, 9.17) is 0 Å². The predicted octanol–water partition coefficient (Wildman–Crippen LogP) is 2.22. The van der Waals surface area contributed by atoms with Crippen LogP contribution in [0, 0.1) is 24.2 Å². The van der Waals surface area contributed by atoms with Crippen molar-refractivity contribution in [3.63, 3.8) is 0 Å². The molecule has 2 unspecified atom stereocenters. The Hall–Kier alpha value is -1.50. The van der Waals surface area contributed by atoms with Crippen LogP contribution in [0.1, 0.15) is 37.9 Å². The second-order valence-electron chi connectivity index (χ2n) is 5.20. The zero-order chi connectivity index (χ0) is 12.6. The second-order valence-corrected chi connectivity index (χ2v) is 5.20. The Morgan fingerprint density at radius 1 is 1.35 bits per heavy atom. The first-order valence-corrected chi connectivity index (χ1v) is 6.25. The van der Waals surface area contributed by atoms with Gasteiger partial charge in [-0.3, -0.25) is 4.68 Å². The molecule has 17 heavy (non-hydrogen) atoms. The summed E-state index contributed by atoms with van der Waals surface area (Å²) in [5.74, 6) is 1.68. The van der Waals surface area contributed by atoms with Gasteiger partial charge in [-0.05, 0) is 32.6 Å². The summed E-state index contributed by atoms with van der Waals surface area (Å²) in [5.41, 5.74) is 1.56. The molecule has 0 aliphatic carbocycles. The monoisotopic (exact) mass is 232 g/mol. The van der Waals surface area contributed by atoms with Gasteiger partial charge in [-0.2, -0.15) is 10.4 Å². The minimum absolute atomic E-state index is 0.494. The highest BCUT2D eigenvalue weighted by Gasteiger charge is 2.28. The Morgan fingerprint density at radius 3 is 2.71 bits per heavy atom. The van der Waals surface area contributed by atoms with Crippen LogP contribution >= 0.6 is 0 Å². The molecule has 1 aromatic rings. The molecule has 2 rings (SSSR count). The number of hydrogen-bond donors (Lipinski definition) is 0. The number of aromatic nitrogens is 2. The normalized spacial score (nSPS) is 24.8. The first-order chi connectivity index (χ1) is 8.04. The van der Waals surface area contributed by atoms with Gasteiger partial charge in [0.15, 0.2) is 0 Å². The fraction of sp³-hybridized carbons (Fsp3) is 0.692. The van der Waals surface area contributed by atoms with Crippen LogP contribution in [-0.2, 0) is 7.05 Å². The average Bonchev–Trinajstić information content (AvgIpc) is 2.56. The molecule has 1 aliphatic heterocycles. The Balaban J connectivity index is 2.42. The highest BCUT2D eigenvalue weighted by Crippen LogP contribution is 2.30. The predicted molar refractivity (Wildman–Crippen MR) is 67.9 cm³/mol. The van der Waals surface area contributed by atoms with Crippen molar-refractivity contribution in [2.75, 3.05) is 11.4 Å². The topological polar surface area (TPSA) is 44.9 Å². The first kappa shape index (κ1) is 12.0. The highest BCUT2D eigenvalue weighted by atomic mass is 15.4. The summed E-state index contributed by atoms with van der Waals surface area (Å²) in [5, 5.41) is 13.6. The smallest absolute Gasteiger partial charge is 0.145 e. The third kappa shape index (κ3) is 2.02. The van der Waals surface area contributed by atoms with Crippen molar-refractivity contribution in [1.82, 2.24) is 9.78 Å². The summed E-state index contributed by atoms with van der Waals surface area (Å²) in [7, 11) is 1.93. The molecule has 1 fully saturated rings. The van der Waals surface area contributed by atoms with E-state index in [0.29, 0.717) is 12.0 Å². The summed E-state index contributed by atoms with van der Waals surface area (Å²) in [6, 6.07) is 2.79. The van der Waals surface area contributed by atoms with Crippen molar-refractivity contribution in [3.05, 3.63) is 11.3 Å². The van der Waals surface area contributed by atoms with Crippen LogP contribution in [0.25, 0.3) is 0 Å². The van der Waals surface area contributed by atoms with Crippen molar-refractivity contribution in [1.29, 1.82) is 5.26 Å². The first-order valence-electron chi connectivity index (χ1n) is 6.25. The molecule has 0 saturated carbocycles. The minimum Gasteiger partial charge on any atom is -0.353 e. The number of nitriles is 1. The molecule has 2 heterocycles. The van der Waals surface area contributed by atoms with Gasteiger partial charge in [0, 0.05) is 19.6 Å². The number of piperidine rings is 1.